The van der Waals surface area contributed by atoms with Crippen LogP contribution >= 0.6 is 0 Å². The molecule has 3 aromatic rings. The second kappa shape index (κ2) is 9.23. The number of hydrogen-bond acceptors (Lipinski definition) is 7. The van der Waals surface area contributed by atoms with Crippen molar-refractivity contribution in [3.63, 3.8) is 0 Å². The molecule has 1 aliphatic carbocycles. The lowest BCUT2D eigenvalue weighted by molar-refractivity contribution is 0.00413. The Bertz CT molecular complexity index is 1300. The largest absolute Gasteiger partial charge is 0.441 e. The third-order valence-corrected chi connectivity index (χ3v) is 7.38. The van der Waals surface area contributed by atoms with E-state index in [0.717, 1.165) is 49.7 Å². The molecule has 3 heterocycles. The number of ether oxygens (including phenoxy) is 1. The Morgan fingerprint density at radius 1 is 1.33 bits per heavy atom. The molecule has 0 bridgehead atoms. The lowest BCUT2D eigenvalue weighted by atomic mass is 9.77. The average Bonchev–Trinajstić information content (AvgIpc) is 3.52. The zero-order valence-corrected chi connectivity index (χ0v) is 21.5. The summed E-state index contributed by atoms with van der Waals surface area (Å²) in [6.45, 7) is 10.1. The molecule has 2 fully saturated rings. The monoisotopic (exact) mass is 490 g/mol. The molecule has 0 N–H and O–H groups in total. The summed E-state index contributed by atoms with van der Waals surface area (Å²) >= 11 is 0. The lowest BCUT2D eigenvalue weighted by Gasteiger charge is -2.36. The minimum Gasteiger partial charge on any atom is -0.441 e. The fourth-order valence-electron chi connectivity index (χ4n) is 5.72. The normalized spacial score (nSPS) is 22.5. The Balaban J connectivity index is 1.26. The van der Waals surface area contributed by atoms with Gasteiger partial charge < -0.3 is 18.7 Å². The summed E-state index contributed by atoms with van der Waals surface area (Å²) in [5, 5.41) is 13.4. The molecule has 1 saturated carbocycles. The van der Waals surface area contributed by atoms with Crippen LogP contribution in [0.25, 0.3) is 11.0 Å². The SMILES string of the molecule is CC(C)Cc1noc(C(C)(C)CN2C[C@@]3(CCC[C@H](Cn4cnc5ccc(C#N)cc54)C3)OC2=O)n1. The molecular formula is C27H34N6O3. The van der Waals surface area contributed by atoms with Crippen molar-refractivity contribution in [2.45, 2.75) is 77.4 Å². The third-order valence-electron chi connectivity index (χ3n) is 7.38. The number of aromatic nitrogens is 4. The fourth-order valence-corrected chi connectivity index (χ4v) is 5.72. The quantitative estimate of drug-likeness (QED) is 0.466. The molecule has 5 rings (SSSR count). The Hall–Kier alpha value is -3.41. The van der Waals surface area contributed by atoms with Crippen LogP contribution in [0.2, 0.25) is 0 Å². The predicted octanol–water partition coefficient (Wildman–Crippen LogP) is 4.85. The van der Waals surface area contributed by atoms with Gasteiger partial charge in [-0.2, -0.15) is 10.2 Å². The van der Waals surface area contributed by atoms with Crippen molar-refractivity contribution >= 4 is 17.1 Å². The van der Waals surface area contributed by atoms with Crippen molar-refractivity contribution in [2.24, 2.45) is 11.8 Å². The molecule has 1 saturated heterocycles. The van der Waals surface area contributed by atoms with Crippen LogP contribution in [0, 0.1) is 23.2 Å². The zero-order chi connectivity index (χ0) is 25.5. The number of carbonyl (C=O) groups excluding carboxylic acids is 1. The van der Waals surface area contributed by atoms with Gasteiger partial charge in [-0.05, 0) is 69.6 Å². The summed E-state index contributed by atoms with van der Waals surface area (Å²) in [6.07, 6.45) is 6.11. The second-order valence-corrected chi connectivity index (χ2v) is 11.6. The summed E-state index contributed by atoms with van der Waals surface area (Å²) in [6, 6.07) is 7.79. The highest BCUT2D eigenvalue weighted by Crippen LogP contribution is 2.41. The summed E-state index contributed by atoms with van der Waals surface area (Å²) in [4.78, 5) is 23.9. The number of amides is 1. The first-order valence-electron chi connectivity index (χ1n) is 12.8. The summed E-state index contributed by atoms with van der Waals surface area (Å²) in [5.74, 6) is 2.06. The van der Waals surface area contributed by atoms with E-state index in [1.54, 1.807) is 11.0 Å². The van der Waals surface area contributed by atoms with Gasteiger partial charge in [-0.25, -0.2) is 9.78 Å². The van der Waals surface area contributed by atoms with Gasteiger partial charge in [0.2, 0.25) is 5.89 Å². The molecule has 2 atom stereocenters. The van der Waals surface area contributed by atoms with E-state index in [4.69, 9.17) is 9.26 Å². The van der Waals surface area contributed by atoms with Crippen molar-refractivity contribution < 1.29 is 14.1 Å². The van der Waals surface area contributed by atoms with Crippen LogP contribution in [0.1, 0.15) is 70.7 Å². The number of rotatable bonds is 7. The average molecular weight is 491 g/mol. The summed E-state index contributed by atoms with van der Waals surface area (Å²) < 4.78 is 13.8. The van der Waals surface area contributed by atoms with Crippen LogP contribution in [-0.2, 0) is 23.1 Å². The first kappa shape index (κ1) is 24.3. The predicted molar refractivity (Wildman–Crippen MR) is 133 cm³/mol. The van der Waals surface area contributed by atoms with Crippen LogP contribution in [0.15, 0.2) is 29.0 Å². The van der Waals surface area contributed by atoms with Crippen molar-refractivity contribution in [3.8, 4) is 6.07 Å². The van der Waals surface area contributed by atoms with Gasteiger partial charge in [-0.15, -0.1) is 0 Å². The molecule has 1 aromatic carbocycles. The molecular weight excluding hydrogens is 456 g/mol. The maximum Gasteiger partial charge on any atom is 0.410 e. The van der Waals surface area contributed by atoms with Crippen molar-refractivity contribution in [1.29, 1.82) is 5.26 Å². The molecule has 9 heteroatoms. The van der Waals surface area contributed by atoms with Gasteiger partial charge >= 0.3 is 6.09 Å². The highest BCUT2D eigenvalue weighted by atomic mass is 16.6. The van der Waals surface area contributed by atoms with Crippen LogP contribution < -0.4 is 0 Å². The number of nitrogens with zero attached hydrogens (tertiary/aromatic N) is 6. The van der Waals surface area contributed by atoms with Crippen molar-refractivity contribution in [1.82, 2.24) is 24.6 Å². The fraction of sp³-hybridized carbons (Fsp3) is 0.593. The summed E-state index contributed by atoms with van der Waals surface area (Å²) in [7, 11) is 0. The van der Waals surface area contributed by atoms with Gasteiger partial charge in [0.1, 0.15) is 5.60 Å². The standard InChI is InChI=1S/C27H34N6O3/c1-18(2)10-23-30-24(36-31-23)26(3,4)15-33-16-27(35-25(33)34)9-5-6-20(12-27)14-32-17-29-21-8-7-19(13-28)11-22(21)32/h7-8,11,17-18,20H,5-6,9-10,12,14-16H2,1-4H3/t20-,27-/m0/s1. The van der Waals surface area contributed by atoms with Crippen molar-refractivity contribution in [3.05, 3.63) is 41.8 Å². The number of carbonyl (C=O) groups is 1. The molecule has 190 valence electrons. The second-order valence-electron chi connectivity index (χ2n) is 11.6. The van der Waals surface area contributed by atoms with Gasteiger partial charge in [0.25, 0.3) is 0 Å². The van der Waals surface area contributed by atoms with E-state index in [9.17, 15) is 10.1 Å². The molecule has 1 amide bonds. The highest BCUT2D eigenvalue weighted by molar-refractivity contribution is 5.77. The lowest BCUT2D eigenvalue weighted by Crippen LogP contribution is -2.43. The first-order chi connectivity index (χ1) is 17.2. The number of hydrogen-bond donors (Lipinski definition) is 0. The van der Waals surface area contributed by atoms with E-state index in [1.807, 2.05) is 32.3 Å². The number of imidazole rings is 1. The number of fused-ring (bicyclic) bond motifs is 1. The maximum absolute atomic E-state index is 13.0. The molecule has 9 nitrogen and oxygen atoms in total. The maximum atomic E-state index is 13.0. The Morgan fingerprint density at radius 2 is 2.17 bits per heavy atom. The molecule has 1 aliphatic heterocycles. The Labute approximate surface area is 211 Å². The van der Waals surface area contributed by atoms with Gasteiger partial charge in [0.05, 0.1) is 41.0 Å². The van der Waals surface area contributed by atoms with Crippen LogP contribution in [0.3, 0.4) is 0 Å². The van der Waals surface area contributed by atoms with Crippen LogP contribution in [0.4, 0.5) is 4.79 Å². The molecule has 0 radical (unpaired) electrons. The van der Waals surface area contributed by atoms with Gasteiger partial charge in [-0.3, -0.25) is 0 Å². The van der Waals surface area contributed by atoms with Crippen LogP contribution in [-0.4, -0.2) is 49.4 Å². The molecule has 0 unspecified atom stereocenters. The molecule has 2 aromatic heterocycles. The topological polar surface area (TPSA) is 110 Å². The zero-order valence-electron chi connectivity index (χ0n) is 21.5. The minimum atomic E-state index is -0.477. The van der Waals surface area contributed by atoms with E-state index in [2.05, 4.69) is 39.6 Å². The number of nitriles is 1. The first-order valence-corrected chi connectivity index (χ1v) is 12.8. The van der Waals surface area contributed by atoms with Crippen molar-refractivity contribution in [2.75, 3.05) is 13.1 Å². The number of benzene rings is 1. The third kappa shape index (κ3) is 4.81. The summed E-state index contributed by atoms with van der Waals surface area (Å²) in [5.41, 5.74) is 1.54. The van der Waals surface area contributed by atoms with Gasteiger partial charge in [0.15, 0.2) is 5.82 Å². The Kier molecular flexibility index (Phi) is 6.23. The van der Waals surface area contributed by atoms with E-state index < -0.39 is 11.0 Å². The van der Waals surface area contributed by atoms with E-state index in [0.29, 0.717) is 42.2 Å². The molecule has 36 heavy (non-hydrogen) atoms. The highest BCUT2D eigenvalue weighted by Gasteiger charge is 2.49. The van der Waals surface area contributed by atoms with Crippen LogP contribution in [0.5, 0.6) is 0 Å². The molecule has 1 spiro atoms. The van der Waals surface area contributed by atoms with E-state index >= 15 is 0 Å². The van der Waals surface area contributed by atoms with Gasteiger partial charge in [-0.1, -0.05) is 19.0 Å². The van der Waals surface area contributed by atoms with E-state index in [1.165, 1.54) is 0 Å². The minimum absolute atomic E-state index is 0.266. The van der Waals surface area contributed by atoms with E-state index in [-0.39, 0.29) is 6.09 Å². The smallest absolute Gasteiger partial charge is 0.410 e. The van der Waals surface area contributed by atoms with Gasteiger partial charge in [0, 0.05) is 19.5 Å². The molecule has 2 aliphatic rings. The Morgan fingerprint density at radius 3 is 2.94 bits per heavy atom.